The molecule has 5 rings (SSSR count). The molecule has 1 atom stereocenters. The molecule has 34 heavy (non-hydrogen) atoms. The minimum absolute atomic E-state index is 0.00833. The predicted molar refractivity (Wildman–Crippen MR) is 129 cm³/mol. The molecule has 3 heterocycles. The molecule has 1 unspecified atom stereocenters. The van der Waals surface area contributed by atoms with Gasteiger partial charge in [0.1, 0.15) is 11.0 Å². The molecular formula is C24H17ClN6O3. The van der Waals surface area contributed by atoms with Crippen molar-refractivity contribution >= 4 is 45.6 Å². The van der Waals surface area contributed by atoms with Crippen LogP contribution in [0.4, 0.5) is 11.4 Å². The van der Waals surface area contributed by atoms with Gasteiger partial charge in [-0.15, -0.1) is 5.10 Å². The molecule has 2 aromatic heterocycles. The van der Waals surface area contributed by atoms with Crippen molar-refractivity contribution in [1.29, 1.82) is 0 Å². The number of benzene rings is 2. The van der Waals surface area contributed by atoms with Crippen LogP contribution < -0.4 is 0 Å². The van der Waals surface area contributed by atoms with E-state index in [4.69, 9.17) is 16.3 Å². The number of aromatic nitrogens is 2. The van der Waals surface area contributed by atoms with Gasteiger partial charge < -0.3 is 4.74 Å². The molecule has 0 radical (unpaired) electrons. The van der Waals surface area contributed by atoms with Crippen LogP contribution in [0.1, 0.15) is 24.3 Å². The van der Waals surface area contributed by atoms with Crippen molar-refractivity contribution in [3.05, 3.63) is 106 Å². The lowest BCUT2D eigenvalue weighted by atomic mass is 10.1. The Labute approximate surface area is 199 Å². The van der Waals surface area contributed by atoms with Crippen LogP contribution in [-0.2, 0) is 4.74 Å². The highest BCUT2D eigenvalue weighted by Gasteiger charge is 2.34. The number of non-ortho nitro benzene ring substituents is 1. The lowest BCUT2D eigenvalue weighted by Crippen LogP contribution is -2.26. The molecule has 4 aromatic rings. The maximum atomic E-state index is 10.9. The number of fused-ring (bicyclic) bond motifs is 1. The summed E-state index contributed by atoms with van der Waals surface area (Å²) in [6.45, 7) is 1.78. The monoisotopic (exact) mass is 472 g/mol. The van der Waals surface area contributed by atoms with Crippen LogP contribution in [0.15, 0.2) is 89.2 Å². The standard InChI is InChI=1S/C24H17ClN6O3/c1-15(27-18-6-8-19(9-7-18)31(32)33)30-24(34-23(29-30)16-10-12-26-13-11-16)20-14-17-4-2-3-5-21(17)28-22(20)25/h2-14,24H,1H3. The molecule has 0 spiro atoms. The van der Waals surface area contributed by atoms with E-state index in [-0.39, 0.29) is 5.69 Å². The van der Waals surface area contributed by atoms with Crippen LogP contribution in [0.25, 0.3) is 10.9 Å². The second-order valence-electron chi connectivity index (χ2n) is 7.45. The molecule has 1 aliphatic heterocycles. The number of hydrogen-bond acceptors (Lipinski definition) is 7. The highest BCUT2D eigenvalue weighted by Crippen LogP contribution is 2.36. The Morgan fingerprint density at radius 2 is 1.85 bits per heavy atom. The van der Waals surface area contributed by atoms with Crippen molar-refractivity contribution in [1.82, 2.24) is 15.0 Å². The van der Waals surface area contributed by atoms with Crippen molar-refractivity contribution in [3.8, 4) is 0 Å². The molecular weight excluding hydrogens is 456 g/mol. The predicted octanol–water partition coefficient (Wildman–Crippen LogP) is 5.63. The van der Waals surface area contributed by atoms with Gasteiger partial charge in [0.2, 0.25) is 12.1 Å². The Bertz CT molecular complexity index is 1440. The van der Waals surface area contributed by atoms with Gasteiger partial charge in [0, 0.05) is 35.5 Å². The van der Waals surface area contributed by atoms with Crippen LogP contribution in [0.2, 0.25) is 5.15 Å². The number of nitro groups is 1. The van der Waals surface area contributed by atoms with Crippen LogP contribution in [0.5, 0.6) is 0 Å². The van der Waals surface area contributed by atoms with Gasteiger partial charge in [0.05, 0.1) is 21.7 Å². The third-order valence-electron chi connectivity index (χ3n) is 5.22. The van der Waals surface area contributed by atoms with E-state index in [0.717, 1.165) is 16.5 Å². The lowest BCUT2D eigenvalue weighted by Gasteiger charge is -2.22. The number of nitrogens with zero attached hydrogens (tertiary/aromatic N) is 6. The average molecular weight is 473 g/mol. The van der Waals surface area contributed by atoms with Crippen molar-refractivity contribution < 1.29 is 9.66 Å². The van der Waals surface area contributed by atoms with Crippen LogP contribution in [0.3, 0.4) is 0 Å². The van der Waals surface area contributed by atoms with Gasteiger partial charge >= 0.3 is 0 Å². The van der Waals surface area contributed by atoms with Gasteiger partial charge in [-0.05, 0) is 43.3 Å². The summed E-state index contributed by atoms with van der Waals surface area (Å²) in [5, 5.41) is 18.4. The summed E-state index contributed by atoms with van der Waals surface area (Å²) in [5.74, 6) is 0.891. The van der Waals surface area contributed by atoms with Gasteiger partial charge in [0.15, 0.2) is 0 Å². The Morgan fingerprint density at radius 1 is 1.12 bits per heavy atom. The number of hydrazone groups is 1. The lowest BCUT2D eigenvalue weighted by molar-refractivity contribution is -0.384. The van der Waals surface area contributed by atoms with E-state index >= 15 is 0 Å². The molecule has 0 amide bonds. The summed E-state index contributed by atoms with van der Waals surface area (Å²) in [6.07, 6.45) is 2.59. The highest BCUT2D eigenvalue weighted by molar-refractivity contribution is 6.30. The summed E-state index contributed by atoms with van der Waals surface area (Å²) in [5.41, 5.74) is 2.68. The van der Waals surface area contributed by atoms with E-state index in [1.54, 1.807) is 48.6 Å². The maximum Gasteiger partial charge on any atom is 0.269 e. The first-order valence-electron chi connectivity index (χ1n) is 10.3. The number of nitro benzene ring substituents is 1. The normalized spacial score (nSPS) is 15.8. The number of pyridine rings is 2. The number of hydrogen-bond donors (Lipinski definition) is 0. The Kier molecular flexibility index (Phi) is 5.60. The first kappa shape index (κ1) is 21.5. The van der Waals surface area contributed by atoms with Crippen LogP contribution >= 0.6 is 11.6 Å². The SMILES string of the molecule is CC(=Nc1ccc([N+](=O)[O-])cc1)N1N=C(c2ccncc2)OC1c1cc2ccccc2nc1Cl. The maximum absolute atomic E-state index is 10.9. The number of para-hydroxylation sites is 1. The zero-order chi connectivity index (χ0) is 23.7. The van der Waals surface area contributed by atoms with Gasteiger partial charge in [-0.25, -0.2) is 15.0 Å². The molecule has 0 fully saturated rings. The molecule has 1 aliphatic rings. The van der Waals surface area contributed by atoms with Gasteiger partial charge in [-0.1, -0.05) is 29.8 Å². The smallest absolute Gasteiger partial charge is 0.269 e. The molecule has 0 saturated heterocycles. The Hall–Kier alpha value is -4.37. The molecule has 9 nitrogen and oxygen atoms in total. The summed E-state index contributed by atoms with van der Waals surface area (Å²) in [7, 11) is 0. The molecule has 2 aromatic carbocycles. The molecule has 0 saturated carbocycles. The molecule has 10 heteroatoms. The number of amidine groups is 1. The highest BCUT2D eigenvalue weighted by atomic mass is 35.5. The van der Waals surface area contributed by atoms with E-state index in [9.17, 15) is 10.1 Å². The van der Waals surface area contributed by atoms with Gasteiger partial charge in [0.25, 0.3) is 5.69 Å². The number of ether oxygens (including phenoxy) is 1. The number of rotatable bonds is 4. The van der Waals surface area contributed by atoms with Crippen LogP contribution in [-0.4, -0.2) is 31.6 Å². The first-order chi connectivity index (χ1) is 16.5. The number of aliphatic imine (C=N–C) groups is 1. The van der Waals surface area contributed by atoms with Crippen LogP contribution in [0, 0.1) is 10.1 Å². The Morgan fingerprint density at radius 3 is 2.59 bits per heavy atom. The first-order valence-corrected chi connectivity index (χ1v) is 10.7. The summed E-state index contributed by atoms with van der Waals surface area (Å²) in [4.78, 5) is 23.6. The van der Waals surface area contributed by atoms with E-state index in [1.807, 2.05) is 30.3 Å². The largest absolute Gasteiger partial charge is 0.446 e. The van der Waals surface area contributed by atoms with E-state index in [0.29, 0.717) is 28.1 Å². The molecule has 168 valence electrons. The van der Waals surface area contributed by atoms with Crippen molar-refractivity contribution in [3.63, 3.8) is 0 Å². The quantitative estimate of drug-likeness (QED) is 0.125. The zero-order valence-electron chi connectivity index (χ0n) is 17.9. The van der Waals surface area contributed by atoms with E-state index in [1.165, 1.54) is 12.1 Å². The molecule has 0 aliphatic carbocycles. The topological polar surface area (TPSA) is 106 Å². The van der Waals surface area contributed by atoms with Crippen molar-refractivity contribution in [2.75, 3.05) is 0 Å². The second-order valence-corrected chi connectivity index (χ2v) is 7.81. The van der Waals surface area contributed by atoms with Crippen molar-refractivity contribution in [2.24, 2.45) is 10.1 Å². The minimum atomic E-state index is -0.713. The van der Waals surface area contributed by atoms with E-state index in [2.05, 4.69) is 20.1 Å². The fourth-order valence-electron chi connectivity index (χ4n) is 3.56. The molecule has 0 N–H and O–H groups in total. The third-order valence-corrected chi connectivity index (χ3v) is 5.53. The minimum Gasteiger partial charge on any atom is -0.446 e. The number of halogens is 1. The van der Waals surface area contributed by atoms with Gasteiger partial charge in [-0.2, -0.15) is 0 Å². The van der Waals surface area contributed by atoms with Crippen molar-refractivity contribution in [2.45, 2.75) is 13.2 Å². The molecule has 0 bridgehead atoms. The average Bonchev–Trinajstić information content (AvgIpc) is 3.30. The third kappa shape index (κ3) is 4.16. The van der Waals surface area contributed by atoms with E-state index < -0.39 is 11.2 Å². The fourth-order valence-corrected chi connectivity index (χ4v) is 3.79. The zero-order valence-corrected chi connectivity index (χ0v) is 18.6. The van der Waals surface area contributed by atoms with Gasteiger partial charge in [-0.3, -0.25) is 15.1 Å². The summed E-state index contributed by atoms with van der Waals surface area (Å²) in [6, 6.07) is 19.1. The summed E-state index contributed by atoms with van der Waals surface area (Å²) < 4.78 is 6.24. The fraction of sp³-hybridized carbons (Fsp3) is 0.0833. The Balaban J connectivity index is 1.56. The summed E-state index contributed by atoms with van der Waals surface area (Å²) >= 11 is 6.57. The second kappa shape index (κ2) is 8.87.